The molecule has 0 aliphatic carbocycles. The fourth-order valence-electron chi connectivity index (χ4n) is 3.77. The molecule has 2 nitrogen and oxygen atoms in total. The van der Waals surface area contributed by atoms with Gasteiger partial charge in [0.15, 0.2) is 46.5 Å². The van der Waals surface area contributed by atoms with Gasteiger partial charge in [-0.2, -0.15) is 0 Å². The first-order chi connectivity index (χ1) is 14.0. The molecule has 1 aliphatic rings. The minimum absolute atomic E-state index is 0.0375. The van der Waals surface area contributed by atoms with Gasteiger partial charge >= 0.3 is 0 Å². The Hall–Kier alpha value is -2.49. The zero-order valence-corrected chi connectivity index (χ0v) is 15.5. The maximum Gasteiger partial charge on any atom is 0.165 e. The highest BCUT2D eigenvalue weighted by Gasteiger charge is 2.37. The highest BCUT2D eigenvalue weighted by molar-refractivity contribution is 5.85. The Morgan fingerprint density at radius 3 is 1.30 bits per heavy atom. The molecule has 0 spiro atoms. The predicted molar refractivity (Wildman–Crippen MR) is 89.4 cm³/mol. The first kappa shape index (κ1) is 22.2. The summed E-state index contributed by atoms with van der Waals surface area (Å²) in [5, 5.41) is 0. The Morgan fingerprint density at radius 2 is 1.00 bits per heavy atom. The first-order valence-electron chi connectivity index (χ1n) is 8.87. The molecule has 0 aromatic heterocycles. The SMILES string of the molecule is CN1CC(Cc2c(F)c(F)cc(F)c2F)C(=O)C(Cc2c(F)c(F)cc(F)c2F)C1. The highest BCUT2D eigenvalue weighted by atomic mass is 19.2. The minimum Gasteiger partial charge on any atom is -0.305 e. The number of carbonyl (C=O) groups excluding carboxylic acids is 1. The number of hydrogen-bond donors (Lipinski definition) is 0. The molecule has 10 heteroatoms. The summed E-state index contributed by atoms with van der Waals surface area (Å²) in [5.74, 6) is -16.1. The van der Waals surface area contributed by atoms with Crippen molar-refractivity contribution in [1.82, 2.24) is 4.90 Å². The third kappa shape index (κ3) is 4.05. The number of piperidine rings is 1. The molecule has 162 valence electrons. The van der Waals surface area contributed by atoms with E-state index in [0.717, 1.165) is 0 Å². The fraction of sp³-hybridized carbons (Fsp3) is 0.350. The summed E-state index contributed by atoms with van der Waals surface area (Å²) in [4.78, 5) is 14.3. The number of hydrogen-bond acceptors (Lipinski definition) is 2. The Morgan fingerprint density at radius 1 is 0.700 bits per heavy atom. The number of nitrogens with zero attached hydrogens (tertiary/aromatic N) is 1. The van der Waals surface area contributed by atoms with Crippen LogP contribution in [0, 0.1) is 58.4 Å². The molecule has 2 aromatic rings. The van der Waals surface area contributed by atoms with E-state index in [1.54, 1.807) is 0 Å². The van der Waals surface area contributed by atoms with Crippen LogP contribution in [0.15, 0.2) is 12.1 Å². The standard InChI is InChI=1S/C20H15F8NO/c1-29-6-8(2-10-16(25)12(21)4-13(22)17(10)26)20(30)9(7-29)3-11-18(27)14(23)5-15(24)19(11)28/h4-5,8-9H,2-3,6-7H2,1H3. The van der Waals surface area contributed by atoms with Crippen LogP contribution in [0.2, 0.25) is 0 Å². The molecule has 0 amide bonds. The van der Waals surface area contributed by atoms with Crippen molar-refractivity contribution in [2.24, 2.45) is 11.8 Å². The van der Waals surface area contributed by atoms with Crippen molar-refractivity contribution in [1.29, 1.82) is 0 Å². The zero-order chi connectivity index (χ0) is 22.3. The van der Waals surface area contributed by atoms with Crippen LogP contribution in [0.25, 0.3) is 0 Å². The Bertz CT molecular complexity index is 879. The lowest BCUT2D eigenvalue weighted by molar-refractivity contribution is -0.131. The van der Waals surface area contributed by atoms with Gasteiger partial charge in [-0.1, -0.05) is 0 Å². The van der Waals surface area contributed by atoms with Crippen LogP contribution < -0.4 is 0 Å². The van der Waals surface area contributed by atoms with E-state index in [1.165, 1.54) is 11.9 Å². The lowest BCUT2D eigenvalue weighted by atomic mass is 9.81. The highest BCUT2D eigenvalue weighted by Crippen LogP contribution is 2.30. The molecule has 0 bridgehead atoms. The molecule has 2 aromatic carbocycles. The van der Waals surface area contributed by atoms with Crippen molar-refractivity contribution in [3.8, 4) is 0 Å². The molecule has 3 rings (SSSR count). The molecule has 1 heterocycles. The van der Waals surface area contributed by atoms with Crippen LogP contribution in [0.4, 0.5) is 35.1 Å². The number of benzene rings is 2. The number of halogens is 8. The van der Waals surface area contributed by atoms with Crippen LogP contribution >= 0.6 is 0 Å². The van der Waals surface area contributed by atoms with Crippen molar-refractivity contribution < 1.29 is 39.9 Å². The van der Waals surface area contributed by atoms with Crippen LogP contribution in [0.1, 0.15) is 11.1 Å². The third-order valence-corrected chi connectivity index (χ3v) is 5.18. The maximum atomic E-state index is 14.0. The van der Waals surface area contributed by atoms with Crippen molar-refractivity contribution in [3.05, 3.63) is 69.8 Å². The van der Waals surface area contributed by atoms with Gasteiger partial charge in [-0.25, -0.2) is 35.1 Å². The summed E-state index contributed by atoms with van der Waals surface area (Å²) in [6.45, 7) is -0.0936. The summed E-state index contributed by atoms with van der Waals surface area (Å²) in [6.07, 6.45) is -1.40. The molecule has 2 atom stereocenters. The monoisotopic (exact) mass is 437 g/mol. The van der Waals surface area contributed by atoms with Gasteiger partial charge in [0.05, 0.1) is 0 Å². The van der Waals surface area contributed by atoms with E-state index in [2.05, 4.69) is 0 Å². The molecule has 1 aliphatic heterocycles. The second-order valence-corrected chi connectivity index (χ2v) is 7.32. The molecule has 1 saturated heterocycles. The molecule has 30 heavy (non-hydrogen) atoms. The van der Waals surface area contributed by atoms with Crippen LogP contribution in [-0.4, -0.2) is 30.8 Å². The molecule has 1 fully saturated rings. The van der Waals surface area contributed by atoms with Crippen molar-refractivity contribution in [2.45, 2.75) is 12.8 Å². The second-order valence-electron chi connectivity index (χ2n) is 7.32. The van der Waals surface area contributed by atoms with Gasteiger partial charge < -0.3 is 4.90 Å². The van der Waals surface area contributed by atoms with Gasteiger partial charge in [0.1, 0.15) is 5.78 Å². The van der Waals surface area contributed by atoms with E-state index in [-0.39, 0.29) is 25.2 Å². The van der Waals surface area contributed by atoms with Gasteiger partial charge in [-0.05, 0) is 19.9 Å². The van der Waals surface area contributed by atoms with Crippen LogP contribution in [0.3, 0.4) is 0 Å². The van der Waals surface area contributed by atoms with E-state index in [1.807, 2.05) is 0 Å². The Balaban J connectivity index is 1.91. The van der Waals surface area contributed by atoms with E-state index in [0.29, 0.717) is 0 Å². The normalized spacial score (nSPS) is 20.1. The Kier molecular flexibility index (Phi) is 6.16. The largest absolute Gasteiger partial charge is 0.305 e. The lowest BCUT2D eigenvalue weighted by Gasteiger charge is -2.35. The molecule has 0 N–H and O–H groups in total. The third-order valence-electron chi connectivity index (χ3n) is 5.18. The van der Waals surface area contributed by atoms with E-state index < -0.39 is 88.1 Å². The average Bonchev–Trinajstić information content (AvgIpc) is 2.68. The van der Waals surface area contributed by atoms with Crippen molar-refractivity contribution in [3.63, 3.8) is 0 Å². The summed E-state index contributed by atoms with van der Waals surface area (Å²) in [6, 6.07) is 0.0751. The Labute approximate surface area is 166 Å². The molecular formula is C20H15F8NO. The number of rotatable bonds is 4. The quantitative estimate of drug-likeness (QED) is 0.524. The number of carbonyl (C=O) groups is 1. The number of ketones is 1. The average molecular weight is 437 g/mol. The van der Waals surface area contributed by atoms with Crippen LogP contribution in [-0.2, 0) is 17.6 Å². The topological polar surface area (TPSA) is 20.3 Å². The molecular weight excluding hydrogens is 422 g/mol. The lowest BCUT2D eigenvalue weighted by Crippen LogP contribution is -2.47. The smallest absolute Gasteiger partial charge is 0.165 e. The van der Waals surface area contributed by atoms with E-state index >= 15 is 0 Å². The zero-order valence-electron chi connectivity index (χ0n) is 15.5. The van der Waals surface area contributed by atoms with Gasteiger partial charge in [0.2, 0.25) is 0 Å². The van der Waals surface area contributed by atoms with Gasteiger partial charge in [-0.3, -0.25) is 4.79 Å². The predicted octanol–water partition coefficient (Wildman–Crippen LogP) is 4.33. The minimum atomic E-state index is -1.64. The first-order valence-corrected chi connectivity index (χ1v) is 8.87. The van der Waals surface area contributed by atoms with Gasteiger partial charge in [0, 0.05) is 48.2 Å². The van der Waals surface area contributed by atoms with Gasteiger partial charge in [-0.15, -0.1) is 0 Å². The van der Waals surface area contributed by atoms with Crippen molar-refractivity contribution in [2.75, 3.05) is 20.1 Å². The second kappa shape index (κ2) is 8.33. The van der Waals surface area contributed by atoms with E-state index in [9.17, 15) is 39.9 Å². The molecule has 0 saturated carbocycles. The summed E-state index contributed by atoms with van der Waals surface area (Å²) in [7, 11) is 1.50. The molecule has 0 radical (unpaired) electrons. The maximum absolute atomic E-state index is 14.0. The van der Waals surface area contributed by atoms with E-state index in [4.69, 9.17) is 0 Å². The molecule has 2 unspecified atom stereocenters. The summed E-state index contributed by atoms with van der Waals surface area (Å²) >= 11 is 0. The summed E-state index contributed by atoms with van der Waals surface area (Å²) in [5.41, 5.74) is -1.93. The summed E-state index contributed by atoms with van der Waals surface area (Å²) < 4.78 is 110. The number of Topliss-reactive ketones (excluding diaryl/α,β-unsaturated/α-hetero) is 1. The number of likely N-dealkylation sites (tertiary alicyclic amines) is 1. The fourth-order valence-corrected chi connectivity index (χ4v) is 3.77. The van der Waals surface area contributed by atoms with Gasteiger partial charge in [0.25, 0.3) is 0 Å². The van der Waals surface area contributed by atoms with Crippen molar-refractivity contribution >= 4 is 5.78 Å². The van der Waals surface area contributed by atoms with Crippen LogP contribution in [0.5, 0.6) is 0 Å².